The summed E-state index contributed by atoms with van der Waals surface area (Å²) in [6, 6.07) is 9.21. The van der Waals surface area contributed by atoms with Crippen molar-refractivity contribution in [2.24, 2.45) is 5.92 Å². The number of imidazole rings is 1. The number of fused-ring (bicyclic) bond motifs is 1. The van der Waals surface area contributed by atoms with Crippen LogP contribution in [0, 0.1) is 12.8 Å². The van der Waals surface area contributed by atoms with Crippen LogP contribution in [0.5, 0.6) is 0 Å². The second kappa shape index (κ2) is 8.49. The fourth-order valence-corrected chi connectivity index (χ4v) is 3.69. The zero-order valence-electron chi connectivity index (χ0n) is 17.2. The molecule has 0 saturated heterocycles. The number of benzene rings is 2. The Bertz CT molecular complexity index is 1170. The molecule has 0 aliphatic carbocycles. The highest BCUT2D eigenvalue weighted by atomic mass is 19.4. The van der Waals surface area contributed by atoms with E-state index in [0.717, 1.165) is 29.8 Å². The summed E-state index contributed by atoms with van der Waals surface area (Å²) in [7, 11) is 0. The molecular weight excluding hydrogens is 421 g/mol. The normalized spacial score (nSPS) is 15.7. The van der Waals surface area contributed by atoms with E-state index >= 15 is 0 Å². The first-order chi connectivity index (χ1) is 15.2. The summed E-state index contributed by atoms with van der Waals surface area (Å²) in [5.74, 6) is -0.942. The van der Waals surface area contributed by atoms with Crippen molar-refractivity contribution in [3.05, 3.63) is 77.4 Å². The highest BCUT2D eigenvalue weighted by Gasteiger charge is 2.30. The molecule has 1 aliphatic rings. The van der Waals surface area contributed by atoms with Crippen molar-refractivity contribution in [1.29, 1.82) is 0 Å². The van der Waals surface area contributed by atoms with Gasteiger partial charge in [0.15, 0.2) is 0 Å². The van der Waals surface area contributed by atoms with Gasteiger partial charge < -0.3 is 15.2 Å². The van der Waals surface area contributed by atoms with Crippen molar-refractivity contribution >= 4 is 23.2 Å². The van der Waals surface area contributed by atoms with Crippen molar-refractivity contribution in [3.8, 4) is 0 Å². The number of anilines is 2. The van der Waals surface area contributed by atoms with E-state index in [-0.39, 0.29) is 23.1 Å². The second-order valence-electron chi connectivity index (χ2n) is 7.82. The Balaban J connectivity index is 1.47. The van der Waals surface area contributed by atoms with E-state index in [9.17, 15) is 22.8 Å². The van der Waals surface area contributed by atoms with E-state index in [1.54, 1.807) is 31.6 Å². The lowest BCUT2D eigenvalue weighted by atomic mass is 9.97. The van der Waals surface area contributed by atoms with Gasteiger partial charge in [0.05, 0.1) is 17.8 Å². The lowest BCUT2D eigenvalue weighted by Gasteiger charge is -2.23. The second-order valence-corrected chi connectivity index (χ2v) is 7.82. The van der Waals surface area contributed by atoms with E-state index in [1.807, 2.05) is 4.57 Å². The van der Waals surface area contributed by atoms with Crippen LogP contribution in [0.4, 0.5) is 24.5 Å². The van der Waals surface area contributed by atoms with E-state index in [2.05, 4.69) is 15.6 Å². The molecule has 0 saturated carbocycles. The number of amides is 2. The maximum Gasteiger partial charge on any atom is 0.416 e. The Labute approximate surface area is 182 Å². The molecule has 9 heteroatoms. The molecule has 6 nitrogen and oxygen atoms in total. The minimum atomic E-state index is -4.50. The van der Waals surface area contributed by atoms with Crippen LogP contribution >= 0.6 is 0 Å². The van der Waals surface area contributed by atoms with E-state index in [4.69, 9.17) is 0 Å². The Morgan fingerprint density at radius 2 is 1.94 bits per heavy atom. The quantitative estimate of drug-likeness (QED) is 0.617. The van der Waals surface area contributed by atoms with Crippen LogP contribution in [0.1, 0.15) is 33.6 Å². The van der Waals surface area contributed by atoms with Gasteiger partial charge in [0, 0.05) is 35.4 Å². The number of rotatable bonds is 4. The van der Waals surface area contributed by atoms with Crippen LogP contribution in [-0.2, 0) is 23.9 Å². The van der Waals surface area contributed by atoms with Gasteiger partial charge in [-0.2, -0.15) is 13.2 Å². The van der Waals surface area contributed by atoms with Crippen LogP contribution < -0.4 is 10.6 Å². The molecule has 3 aromatic rings. The summed E-state index contributed by atoms with van der Waals surface area (Å²) in [4.78, 5) is 29.5. The van der Waals surface area contributed by atoms with Gasteiger partial charge in [0.1, 0.15) is 0 Å². The van der Waals surface area contributed by atoms with Crippen LogP contribution in [0.2, 0.25) is 0 Å². The Hall–Kier alpha value is -3.62. The number of carbonyl (C=O) groups excluding carboxylic acids is 2. The summed E-state index contributed by atoms with van der Waals surface area (Å²) in [6.45, 7) is 2.34. The van der Waals surface area contributed by atoms with Gasteiger partial charge in [-0.15, -0.1) is 0 Å². The van der Waals surface area contributed by atoms with E-state index in [1.165, 1.54) is 18.2 Å². The number of hydrogen-bond donors (Lipinski definition) is 2. The van der Waals surface area contributed by atoms with Crippen molar-refractivity contribution < 1.29 is 22.8 Å². The Kier molecular flexibility index (Phi) is 5.73. The van der Waals surface area contributed by atoms with Crippen molar-refractivity contribution in [2.45, 2.75) is 32.5 Å². The van der Waals surface area contributed by atoms with Gasteiger partial charge in [0.2, 0.25) is 5.91 Å². The first-order valence-corrected chi connectivity index (χ1v) is 10.1. The molecule has 2 heterocycles. The molecule has 0 radical (unpaired) electrons. The van der Waals surface area contributed by atoms with Crippen molar-refractivity contribution in [2.75, 3.05) is 10.6 Å². The minimum absolute atomic E-state index is 0.0364. The maximum absolute atomic E-state index is 12.9. The molecule has 1 aliphatic heterocycles. The molecule has 0 bridgehead atoms. The van der Waals surface area contributed by atoms with Crippen molar-refractivity contribution in [1.82, 2.24) is 9.55 Å². The number of halogens is 3. The average molecular weight is 442 g/mol. The van der Waals surface area contributed by atoms with Gasteiger partial charge in [-0.05, 0) is 55.7 Å². The van der Waals surface area contributed by atoms with Crippen LogP contribution in [0.3, 0.4) is 0 Å². The topological polar surface area (TPSA) is 76.0 Å². The number of aryl methyl sites for hydroxylation is 2. The molecule has 0 spiro atoms. The molecule has 32 heavy (non-hydrogen) atoms. The monoisotopic (exact) mass is 442 g/mol. The smallest absolute Gasteiger partial charge is 0.334 e. The fraction of sp³-hybridized carbons (Fsp3) is 0.261. The van der Waals surface area contributed by atoms with Crippen molar-refractivity contribution in [3.63, 3.8) is 0 Å². The van der Waals surface area contributed by atoms with Gasteiger partial charge in [-0.1, -0.05) is 12.1 Å². The van der Waals surface area contributed by atoms with E-state index < -0.39 is 17.6 Å². The molecule has 4 rings (SSSR count). The molecular formula is C23H21F3N4O2. The molecule has 166 valence electrons. The summed E-state index contributed by atoms with van der Waals surface area (Å²) in [6.07, 6.45) is 0.463. The number of nitrogens with zero attached hydrogens (tertiary/aromatic N) is 2. The van der Waals surface area contributed by atoms with Gasteiger partial charge in [-0.3, -0.25) is 9.59 Å². The molecule has 2 N–H and O–H groups in total. The third-order valence-electron chi connectivity index (χ3n) is 5.54. The summed E-state index contributed by atoms with van der Waals surface area (Å²) in [5, 5.41) is 5.37. The molecule has 2 amide bonds. The minimum Gasteiger partial charge on any atom is -0.334 e. The van der Waals surface area contributed by atoms with Gasteiger partial charge in [-0.25, -0.2) is 4.98 Å². The summed E-state index contributed by atoms with van der Waals surface area (Å²) >= 11 is 0. The average Bonchev–Trinajstić information content (AvgIpc) is 3.22. The zero-order chi connectivity index (χ0) is 22.9. The lowest BCUT2D eigenvalue weighted by Crippen LogP contribution is -2.31. The highest BCUT2D eigenvalue weighted by molar-refractivity contribution is 6.05. The number of nitrogens with one attached hydrogen (secondary N) is 2. The largest absolute Gasteiger partial charge is 0.416 e. The number of aromatic nitrogens is 2. The Morgan fingerprint density at radius 3 is 2.72 bits per heavy atom. The number of hydrogen-bond acceptors (Lipinski definition) is 3. The van der Waals surface area contributed by atoms with Crippen LogP contribution in [0.15, 0.2) is 55.0 Å². The number of carbonyl (C=O) groups is 2. The first-order valence-electron chi connectivity index (χ1n) is 10.1. The zero-order valence-corrected chi connectivity index (χ0v) is 17.2. The molecule has 0 fully saturated rings. The number of alkyl halides is 3. The predicted octanol–water partition coefficient (Wildman–Crippen LogP) is 4.66. The van der Waals surface area contributed by atoms with Gasteiger partial charge >= 0.3 is 6.18 Å². The van der Waals surface area contributed by atoms with E-state index in [0.29, 0.717) is 18.7 Å². The SMILES string of the molecule is Cc1ccc(C(=O)Nc2cccc(C(F)(F)F)c2)cc1NC(=O)C1CCc2cncn2C1. The van der Waals surface area contributed by atoms with Crippen LogP contribution in [0.25, 0.3) is 0 Å². The predicted molar refractivity (Wildman–Crippen MR) is 113 cm³/mol. The molecule has 2 aromatic carbocycles. The molecule has 1 atom stereocenters. The lowest BCUT2D eigenvalue weighted by molar-refractivity contribution is -0.137. The molecule has 1 aromatic heterocycles. The highest BCUT2D eigenvalue weighted by Crippen LogP contribution is 2.31. The summed E-state index contributed by atoms with van der Waals surface area (Å²) in [5.41, 5.74) is 1.77. The third kappa shape index (κ3) is 4.66. The Morgan fingerprint density at radius 1 is 1.12 bits per heavy atom. The maximum atomic E-state index is 12.9. The van der Waals surface area contributed by atoms with Gasteiger partial charge in [0.25, 0.3) is 5.91 Å². The standard InChI is InChI=1S/C23H21F3N4O2/c1-14-5-6-15(21(31)28-18-4-2-3-17(10-18)23(24,25)26)9-20(14)29-22(32)16-7-8-19-11-27-13-30(19)12-16/h2-6,9-11,13,16H,7-8,12H2,1H3,(H,28,31)(H,29,32). The van der Waals surface area contributed by atoms with Crippen LogP contribution in [-0.4, -0.2) is 21.4 Å². The summed E-state index contributed by atoms with van der Waals surface area (Å²) < 4.78 is 40.7. The first kappa shape index (κ1) is 21.6. The third-order valence-corrected chi connectivity index (χ3v) is 5.54. The molecule has 1 unspecified atom stereocenters. The fourth-order valence-electron chi connectivity index (χ4n) is 3.69.